The Morgan fingerprint density at radius 1 is 1.17 bits per heavy atom. The molecule has 3 rings (SSSR count). The summed E-state index contributed by atoms with van der Waals surface area (Å²) >= 11 is 0. The topological polar surface area (TPSA) is 38.0 Å². The number of aliphatic hydroxyl groups is 1. The SMILES string of the molecule is CC/C(=C\CCn1ccnc1[C@H](C)O)c1ccc(C#CC2C(CC)C2CC)cc1. The number of nitrogens with zero attached hydrogens (tertiary/aromatic N) is 2. The van der Waals surface area contributed by atoms with E-state index in [-0.39, 0.29) is 0 Å². The predicted octanol–water partition coefficient (Wildman–Crippen LogP) is 5.85. The molecule has 29 heavy (non-hydrogen) atoms. The molecule has 0 saturated heterocycles. The molecule has 1 aromatic carbocycles. The van der Waals surface area contributed by atoms with Crippen molar-refractivity contribution in [2.45, 2.75) is 66.0 Å². The number of aryl methyl sites for hydroxylation is 1. The van der Waals surface area contributed by atoms with Crippen molar-refractivity contribution in [3.8, 4) is 11.8 Å². The van der Waals surface area contributed by atoms with Gasteiger partial charge >= 0.3 is 0 Å². The fraction of sp³-hybridized carbons (Fsp3) is 0.500. The van der Waals surface area contributed by atoms with Gasteiger partial charge in [-0.25, -0.2) is 4.98 Å². The van der Waals surface area contributed by atoms with Crippen LogP contribution in [0.15, 0.2) is 42.7 Å². The van der Waals surface area contributed by atoms with Gasteiger partial charge < -0.3 is 9.67 Å². The number of rotatable bonds is 8. The third-order valence-corrected chi connectivity index (χ3v) is 6.18. The molecule has 0 radical (unpaired) electrons. The van der Waals surface area contributed by atoms with E-state index in [4.69, 9.17) is 0 Å². The lowest BCUT2D eigenvalue weighted by atomic mass is 10.0. The summed E-state index contributed by atoms with van der Waals surface area (Å²) in [7, 11) is 0. The van der Waals surface area contributed by atoms with Gasteiger partial charge in [0.2, 0.25) is 0 Å². The maximum Gasteiger partial charge on any atom is 0.137 e. The maximum atomic E-state index is 9.78. The monoisotopic (exact) mass is 390 g/mol. The van der Waals surface area contributed by atoms with Crippen LogP contribution in [-0.2, 0) is 6.54 Å². The summed E-state index contributed by atoms with van der Waals surface area (Å²) in [6.45, 7) is 9.33. The lowest BCUT2D eigenvalue weighted by Gasteiger charge is -2.09. The zero-order valence-corrected chi connectivity index (χ0v) is 18.2. The van der Waals surface area contributed by atoms with Crippen LogP contribution in [-0.4, -0.2) is 14.7 Å². The van der Waals surface area contributed by atoms with Crippen molar-refractivity contribution >= 4 is 5.57 Å². The second-order valence-corrected chi connectivity index (χ2v) is 8.04. The Morgan fingerprint density at radius 3 is 2.45 bits per heavy atom. The number of imidazole rings is 1. The maximum absolute atomic E-state index is 9.78. The van der Waals surface area contributed by atoms with E-state index in [0.29, 0.717) is 5.92 Å². The van der Waals surface area contributed by atoms with Crippen molar-refractivity contribution in [1.29, 1.82) is 0 Å². The number of hydrogen-bond donors (Lipinski definition) is 1. The summed E-state index contributed by atoms with van der Waals surface area (Å²) in [5.41, 5.74) is 3.73. The third kappa shape index (κ3) is 5.19. The molecule has 0 aliphatic heterocycles. The average molecular weight is 391 g/mol. The first-order chi connectivity index (χ1) is 14.1. The molecule has 1 N–H and O–H groups in total. The highest BCUT2D eigenvalue weighted by Crippen LogP contribution is 2.50. The Labute approximate surface area is 175 Å². The number of hydrogen-bond acceptors (Lipinski definition) is 2. The standard InChI is InChI=1S/C26H34N2O/c1-5-21(9-8-17-28-18-16-27-26(28)19(4)29)22-13-10-20(11-14-22)12-15-25-23(6-2)24(25)7-3/h9-11,13-14,16,18-19,23-25,29H,5-8,17H2,1-4H3/b21-9+/t19-,23?,24?,25?/m0/s1. The largest absolute Gasteiger partial charge is 0.385 e. The van der Waals surface area contributed by atoms with Gasteiger partial charge in [-0.2, -0.15) is 0 Å². The highest BCUT2D eigenvalue weighted by Gasteiger charge is 2.45. The van der Waals surface area contributed by atoms with E-state index in [1.807, 2.05) is 10.8 Å². The van der Waals surface area contributed by atoms with Crippen LogP contribution in [0.2, 0.25) is 0 Å². The summed E-state index contributed by atoms with van der Waals surface area (Å²) in [6, 6.07) is 8.69. The van der Waals surface area contributed by atoms with E-state index < -0.39 is 6.10 Å². The van der Waals surface area contributed by atoms with Gasteiger partial charge in [0.25, 0.3) is 0 Å². The van der Waals surface area contributed by atoms with Gasteiger partial charge in [-0.05, 0) is 54.9 Å². The van der Waals surface area contributed by atoms with Gasteiger partial charge in [0.05, 0.1) is 0 Å². The zero-order chi connectivity index (χ0) is 20.8. The van der Waals surface area contributed by atoms with E-state index in [2.05, 4.69) is 67.9 Å². The minimum Gasteiger partial charge on any atom is -0.385 e. The lowest BCUT2D eigenvalue weighted by molar-refractivity contribution is 0.183. The number of aromatic nitrogens is 2. The van der Waals surface area contributed by atoms with Crippen molar-refractivity contribution in [3.63, 3.8) is 0 Å². The molecule has 3 nitrogen and oxygen atoms in total. The summed E-state index contributed by atoms with van der Waals surface area (Å²) < 4.78 is 2.03. The fourth-order valence-electron chi connectivity index (χ4n) is 4.43. The first kappa shape index (κ1) is 21.4. The number of aliphatic hydroxyl groups excluding tert-OH is 1. The molecule has 3 heteroatoms. The van der Waals surface area contributed by atoms with Crippen molar-refractivity contribution in [2.24, 2.45) is 17.8 Å². The summed E-state index contributed by atoms with van der Waals surface area (Å²) in [5.74, 6) is 9.85. The number of benzene rings is 1. The molecule has 1 saturated carbocycles. The molecule has 1 heterocycles. The van der Waals surface area contributed by atoms with Crippen LogP contribution < -0.4 is 0 Å². The van der Waals surface area contributed by atoms with E-state index in [0.717, 1.165) is 42.6 Å². The van der Waals surface area contributed by atoms with E-state index >= 15 is 0 Å². The van der Waals surface area contributed by atoms with Crippen molar-refractivity contribution in [3.05, 3.63) is 59.7 Å². The van der Waals surface area contributed by atoms with Crippen LogP contribution in [0.25, 0.3) is 5.57 Å². The quantitative estimate of drug-likeness (QED) is 0.574. The van der Waals surface area contributed by atoms with Crippen molar-refractivity contribution in [1.82, 2.24) is 9.55 Å². The smallest absolute Gasteiger partial charge is 0.137 e. The third-order valence-electron chi connectivity index (χ3n) is 6.18. The molecule has 2 unspecified atom stereocenters. The van der Waals surface area contributed by atoms with Crippen LogP contribution in [0.1, 0.15) is 76.4 Å². The van der Waals surface area contributed by atoms with E-state index in [1.165, 1.54) is 24.0 Å². The minimum absolute atomic E-state index is 0.538. The van der Waals surface area contributed by atoms with Gasteiger partial charge in [0.15, 0.2) is 0 Å². The lowest BCUT2D eigenvalue weighted by Crippen LogP contribution is -2.05. The molecule has 1 aromatic heterocycles. The Morgan fingerprint density at radius 2 is 1.86 bits per heavy atom. The van der Waals surface area contributed by atoms with Crippen LogP contribution in [0.4, 0.5) is 0 Å². The summed E-state index contributed by atoms with van der Waals surface area (Å²) in [5, 5.41) is 9.78. The first-order valence-corrected chi connectivity index (χ1v) is 11.1. The zero-order valence-electron chi connectivity index (χ0n) is 18.2. The predicted molar refractivity (Wildman–Crippen MR) is 120 cm³/mol. The summed E-state index contributed by atoms with van der Waals surface area (Å²) in [6.07, 6.45) is 9.85. The Kier molecular flexibility index (Phi) is 7.34. The normalized spacial score (nSPS) is 22.1. The first-order valence-electron chi connectivity index (χ1n) is 11.1. The molecular weight excluding hydrogens is 356 g/mol. The van der Waals surface area contributed by atoms with Gasteiger partial charge in [-0.1, -0.05) is 63.7 Å². The van der Waals surface area contributed by atoms with Crippen molar-refractivity contribution < 1.29 is 5.11 Å². The molecule has 3 atom stereocenters. The molecular formula is C26H34N2O. The molecule has 154 valence electrons. The molecule has 1 fully saturated rings. The summed E-state index contributed by atoms with van der Waals surface area (Å²) in [4.78, 5) is 4.24. The van der Waals surface area contributed by atoms with Gasteiger partial charge in [-0.3, -0.25) is 0 Å². The number of allylic oxidation sites excluding steroid dienone is 2. The molecule has 1 aliphatic rings. The minimum atomic E-state index is -0.538. The fourth-order valence-corrected chi connectivity index (χ4v) is 4.43. The Balaban J connectivity index is 1.62. The van der Waals surface area contributed by atoms with Crippen LogP contribution in [0, 0.1) is 29.6 Å². The molecule has 0 spiro atoms. The molecule has 1 aliphatic carbocycles. The molecule has 0 amide bonds. The van der Waals surface area contributed by atoms with Gasteiger partial charge in [-0.15, -0.1) is 0 Å². The molecule has 0 bridgehead atoms. The van der Waals surface area contributed by atoms with Crippen LogP contribution in [0.5, 0.6) is 0 Å². The Hall–Kier alpha value is -2.31. The second-order valence-electron chi connectivity index (χ2n) is 8.04. The average Bonchev–Trinajstić information content (AvgIpc) is 3.21. The van der Waals surface area contributed by atoms with Gasteiger partial charge in [0.1, 0.15) is 11.9 Å². The molecule has 2 aromatic rings. The van der Waals surface area contributed by atoms with E-state index in [9.17, 15) is 5.11 Å². The van der Waals surface area contributed by atoms with Gasteiger partial charge in [0, 0.05) is 30.4 Å². The van der Waals surface area contributed by atoms with Crippen LogP contribution >= 0.6 is 0 Å². The Bertz CT molecular complexity index is 869. The van der Waals surface area contributed by atoms with Crippen molar-refractivity contribution in [2.75, 3.05) is 0 Å². The highest BCUT2D eigenvalue weighted by molar-refractivity contribution is 5.66. The van der Waals surface area contributed by atoms with Crippen LogP contribution in [0.3, 0.4) is 0 Å². The van der Waals surface area contributed by atoms with E-state index in [1.54, 1.807) is 13.1 Å². The second kappa shape index (κ2) is 9.94. The highest BCUT2D eigenvalue weighted by atomic mass is 16.3.